The first kappa shape index (κ1) is 17.6. The molecule has 21 heavy (non-hydrogen) atoms. The van der Waals surface area contributed by atoms with Gasteiger partial charge in [0.2, 0.25) is 0 Å². The van der Waals surface area contributed by atoms with Crippen molar-refractivity contribution in [2.24, 2.45) is 4.40 Å². The summed E-state index contributed by atoms with van der Waals surface area (Å²) >= 11 is -1.52. The van der Waals surface area contributed by atoms with E-state index in [4.69, 9.17) is 5.11 Å². The third-order valence-electron chi connectivity index (χ3n) is 2.66. The van der Waals surface area contributed by atoms with Gasteiger partial charge in [0, 0.05) is 11.1 Å². The van der Waals surface area contributed by atoms with E-state index in [1.165, 1.54) is 12.1 Å². The van der Waals surface area contributed by atoms with Crippen molar-refractivity contribution in [1.82, 2.24) is 0 Å². The molecule has 0 aliphatic heterocycles. The van der Waals surface area contributed by atoms with Gasteiger partial charge in [0.05, 0.1) is 5.71 Å². The number of benzene rings is 1. The van der Waals surface area contributed by atoms with Crippen LogP contribution in [0.3, 0.4) is 0 Å². The number of carboxylic acid groups (broad SMARTS) is 1. The van der Waals surface area contributed by atoms with Gasteiger partial charge in [-0.15, -0.1) is 0 Å². The summed E-state index contributed by atoms with van der Waals surface area (Å²) in [6, 6.07) is 4.92. The Labute approximate surface area is 125 Å². The van der Waals surface area contributed by atoms with Gasteiger partial charge in [-0.25, -0.2) is 4.79 Å². The summed E-state index contributed by atoms with van der Waals surface area (Å²) in [4.78, 5) is 10.6. The lowest BCUT2D eigenvalue weighted by molar-refractivity contribution is -0.166. The zero-order chi connectivity index (χ0) is 16.4. The fourth-order valence-electron chi connectivity index (χ4n) is 1.38. The summed E-state index contributed by atoms with van der Waals surface area (Å²) in [6.45, 7) is 6.78. The summed E-state index contributed by atoms with van der Waals surface area (Å²) in [5, 5.41) is 8.55. The number of hydrogen-bond donors (Lipinski definition) is 1. The Morgan fingerprint density at radius 1 is 1.33 bits per heavy atom. The molecule has 0 spiro atoms. The lowest BCUT2D eigenvalue weighted by Crippen LogP contribution is -2.27. The van der Waals surface area contributed by atoms with Crippen molar-refractivity contribution >= 4 is 23.0 Å². The van der Waals surface area contributed by atoms with E-state index in [1.54, 1.807) is 27.7 Å². The van der Waals surface area contributed by atoms with E-state index in [2.05, 4.69) is 4.40 Å². The molecule has 0 radical (unpaired) electrons. The van der Waals surface area contributed by atoms with E-state index in [1.807, 2.05) is 0 Å². The van der Waals surface area contributed by atoms with E-state index >= 15 is 0 Å². The van der Waals surface area contributed by atoms with Crippen LogP contribution in [0.5, 0.6) is 0 Å². The molecule has 0 saturated carbocycles. The summed E-state index contributed by atoms with van der Waals surface area (Å²) in [7, 11) is 0. The molecule has 0 amide bonds. The van der Waals surface area contributed by atoms with Gasteiger partial charge in [-0.1, -0.05) is 22.6 Å². The van der Waals surface area contributed by atoms with Gasteiger partial charge < -0.3 is 9.66 Å². The molecule has 0 fully saturated rings. The highest BCUT2D eigenvalue weighted by atomic mass is 32.2. The predicted octanol–water partition coefficient (Wildman–Crippen LogP) is 3.13. The molecule has 1 atom stereocenters. The minimum Gasteiger partial charge on any atom is -0.591 e. The highest BCUT2D eigenvalue weighted by Crippen LogP contribution is 2.29. The highest BCUT2D eigenvalue weighted by Gasteiger charge is 2.41. The summed E-state index contributed by atoms with van der Waals surface area (Å²) < 4.78 is 42.3. The fourth-order valence-corrected chi connectivity index (χ4v) is 2.01. The zero-order valence-electron chi connectivity index (χ0n) is 12.2. The summed E-state index contributed by atoms with van der Waals surface area (Å²) in [6.07, 6.45) is 0. The Bertz CT molecular complexity index is 568. The van der Waals surface area contributed by atoms with Crippen LogP contribution < -0.4 is 0 Å². The van der Waals surface area contributed by atoms with Crippen molar-refractivity contribution in [2.45, 2.75) is 38.4 Å². The van der Waals surface area contributed by atoms with Crippen molar-refractivity contribution < 1.29 is 23.2 Å². The second kappa shape index (κ2) is 6.11. The second-order valence-electron chi connectivity index (χ2n) is 5.50. The van der Waals surface area contributed by atoms with Crippen LogP contribution in [-0.2, 0) is 22.1 Å². The number of halogens is 2. The van der Waals surface area contributed by atoms with Gasteiger partial charge in [-0.05, 0) is 33.8 Å². The van der Waals surface area contributed by atoms with Crippen LogP contribution in [0, 0.1) is 0 Å². The van der Waals surface area contributed by atoms with Crippen molar-refractivity contribution in [1.29, 1.82) is 0 Å². The highest BCUT2D eigenvalue weighted by molar-refractivity contribution is 7.91. The van der Waals surface area contributed by atoms with E-state index in [0.717, 1.165) is 12.1 Å². The molecule has 1 aromatic rings. The van der Waals surface area contributed by atoms with Gasteiger partial charge in [0.15, 0.2) is 0 Å². The minimum atomic E-state index is -3.97. The Hall–Kier alpha value is -1.47. The summed E-state index contributed by atoms with van der Waals surface area (Å²) in [5.41, 5.74) is -0.0130. The van der Waals surface area contributed by atoms with E-state index in [9.17, 15) is 18.1 Å². The van der Waals surface area contributed by atoms with Crippen LogP contribution in [-0.4, -0.2) is 26.1 Å². The molecule has 1 aromatic carbocycles. The van der Waals surface area contributed by atoms with E-state index in [0.29, 0.717) is 11.3 Å². The molecule has 4 nitrogen and oxygen atoms in total. The van der Waals surface area contributed by atoms with Crippen LogP contribution in [0.15, 0.2) is 28.7 Å². The first-order valence-electron chi connectivity index (χ1n) is 6.15. The third-order valence-corrected chi connectivity index (χ3v) is 4.14. The van der Waals surface area contributed by atoms with Crippen molar-refractivity contribution in [3.8, 4) is 0 Å². The maximum absolute atomic E-state index is 13.5. The smallest absolute Gasteiger partial charge is 0.379 e. The van der Waals surface area contributed by atoms with Gasteiger partial charge in [-0.2, -0.15) is 8.78 Å². The Morgan fingerprint density at radius 3 is 2.38 bits per heavy atom. The maximum Gasteiger partial charge on any atom is 0.379 e. The molecule has 0 aliphatic rings. The molecule has 0 aromatic heterocycles. The molecule has 0 saturated heterocycles. The van der Waals surface area contributed by atoms with Gasteiger partial charge in [-0.3, -0.25) is 0 Å². The van der Waals surface area contributed by atoms with Crippen LogP contribution in [0.4, 0.5) is 8.78 Å². The first-order chi connectivity index (χ1) is 9.46. The topological polar surface area (TPSA) is 72.7 Å². The average molecular weight is 317 g/mol. The van der Waals surface area contributed by atoms with Crippen molar-refractivity contribution in [3.05, 3.63) is 35.4 Å². The largest absolute Gasteiger partial charge is 0.591 e. The Kier molecular flexibility index (Phi) is 5.11. The van der Waals surface area contributed by atoms with Crippen LogP contribution >= 0.6 is 0 Å². The van der Waals surface area contributed by atoms with Crippen LogP contribution in [0.2, 0.25) is 0 Å². The number of hydrogen-bond acceptors (Lipinski definition) is 3. The molecule has 1 rings (SSSR count). The predicted molar refractivity (Wildman–Crippen MR) is 78.1 cm³/mol. The van der Waals surface area contributed by atoms with Gasteiger partial charge in [0.25, 0.3) is 0 Å². The lowest BCUT2D eigenvalue weighted by Gasteiger charge is -2.19. The number of carbonyl (C=O) groups is 1. The molecule has 7 heteroatoms. The summed E-state index contributed by atoms with van der Waals surface area (Å²) in [5.74, 6) is -6.19. The third kappa shape index (κ3) is 4.25. The van der Waals surface area contributed by atoms with Crippen molar-refractivity contribution in [2.75, 3.05) is 0 Å². The van der Waals surface area contributed by atoms with Crippen molar-refractivity contribution in [3.63, 3.8) is 0 Å². The molecule has 0 heterocycles. The number of aliphatic carboxylic acids is 1. The normalized spacial score (nSPS) is 14.9. The standard InChI is InChI=1S/C14H17F2NO3S/c1-9(17-21(20)13(2,3)4)10-6-5-7-11(8-10)14(15,16)12(18)19/h5-8H,1-4H3,(H,18,19). The Balaban J connectivity index is 3.17. The quantitative estimate of drug-likeness (QED) is 0.685. The number of carboxylic acids is 1. The Morgan fingerprint density at radius 2 is 1.90 bits per heavy atom. The monoisotopic (exact) mass is 317 g/mol. The number of rotatable bonds is 4. The zero-order valence-corrected chi connectivity index (χ0v) is 13.0. The van der Waals surface area contributed by atoms with Crippen LogP contribution in [0.1, 0.15) is 38.8 Å². The molecular formula is C14H17F2NO3S. The van der Waals surface area contributed by atoms with E-state index < -0.39 is 33.6 Å². The fraction of sp³-hybridized carbons (Fsp3) is 0.429. The number of alkyl halides is 2. The molecule has 1 unspecified atom stereocenters. The van der Waals surface area contributed by atoms with Gasteiger partial charge >= 0.3 is 11.9 Å². The number of nitrogens with zero attached hydrogens (tertiary/aromatic N) is 1. The second-order valence-corrected chi connectivity index (χ2v) is 7.40. The molecular weight excluding hydrogens is 300 g/mol. The molecule has 0 aliphatic carbocycles. The van der Waals surface area contributed by atoms with E-state index in [-0.39, 0.29) is 0 Å². The average Bonchev–Trinajstić information content (AvgIpc) is 2.37. The van der Waals surface area contributed by atoms with Crippen LogP contribution in [0.25, 0.3) is 0 Å². The van der Waals surface area contributed by atoms with Gasteiger partial charge in [0.1, 0.15) is 16.1 Å². The molecule has 116 valence electrons. The molecule has 0 bridgehead atoms. The lowest BCUT2D eigenvalue weighted by atomic mass is 10.0. The SMILES string of the molecule is CC(=N[S+]([O-])C(C)(C)C)c1cccc(C(F)(F)C(=O)O)c1. The molecule has 1 N–H and O–H groups in total. The first-order valence-corrected chi connectivity index (χ1v) is 7.26. The minimum absolute atomic E-state index is 0.311. The maximum atomic E-state index is 13.5.